The molecule has 0 radical (unpaired) electrons. The largest absolute Gasteiger partial charge is 0.496 e. The van der Waals surface area contributed by atoms with Gasteiger partial charge in [-0.25, -0.2) is 0 Å². The third-order valence-corrected chi connectivity index (χ3v) is 10.2. The molecule has 194 valence electrons. The van der Waals surface area contributed by atoms with Gasteiger partial charge in [-0.15, -0.1) is 11.3 Å². The second-order valence-corrected chi connectivity index (χ2v) is 12.8. The first-order valence-electron chi connectivity index (χ1n) is 13.5. The normalized spacial score (nSPS) is 17.1. The van der Waals surface area contributed by atoms with Crippen molar-refractivity contribution in [2.75, 3.05) is 0 Å². The van der Waals surface area contributed by atoms with Crippen molar-refractivity contribution in [1.82, 2.24) is 4.98 Å². The van der Waals surface area contributed by atoms with Gasteiger partial charge in [0.25, 0.3) is 0 Å². The first-order valence-corrected chi connectivity index (χ1v) is 14.4. The summed E-state index contributed by atoms with van der Waals surface area (Å²) >= 11 is 1.77. The van der Waals surface area contributed by atoms with Crippen LogP contribution in [0.1, 0.15) is 27.7 Å². The smallest absolute Gasteiger partial charge is 0.456 e. The number of furan rings is 2. The summed E-state index contributed by atoms with van der Waals surface area (Å²) in [7, 11) is -0.499. The third-order valence-electron chi connectivity index (χ3n) is 8.97. The molecule has 4 aromatic heterocycles. The molecule has 40 heavy (non-hydrogen) atoms. The summed E-state index contributed by atoms with van der Waals surface area (Å²) in [6, 6.07) is 21.0. The van der Waals surface area contributed by atoms with Gasteiger partial charge >= 0.3 is 7.12 Å². The summed E-state index contributed by atoms with van der Waals surface area (Å²) in [6.45, 7) is 8.38. The Hall–Kier alpha value is -3.91. The molecule has 7 heteroatoms. The van der Waals surface area contributed by atoms with Crippen LogP contribution >= 0.6 is 11.3 Å². The minimum atomic E-state index is -0.499. The van der Waals surface area contributed by atoms with Crippen LogP contribution in [-0.4, -0.2) is 23.3 Å². The van der Waals surface area contributed by atoms with Crippen LogP contribution in [0, 0.1) is 0 Å². The quantitative estimate of drug-likeness (QED) is 0.205. The predicted octanol–water partition coefficient (Wildman–Crippen LogP) is 8.65. The Morgan fingerprint density at radius 2 is 1.50 bits per heavy atom. The SMILES string of the molecule is CC1(C)OB(c2ccc3oc4c(-c5cccnc5)cc5oc6cc7ccccc7c7sc2c3c4c5c67)OC1(C)C. The molecular formula is C33H24BNO4S. The van der Waals surface area contributed by atoms with E-state index in [0.717, 1.165) is 70.6 Å². The van der Waals surface area contributed by atoms with E-state index in [1.165, 1.54) is 10.1 Å². The van der Waals surface area contributed by atoms with Gasteiger partial charge < -0.3 is 18.1 Å². The molecule has 1 aliphatic rings. The number of hydrogen-bond donors (Lipinski definition) is 0. The third kappa shape index (κ3) is 2.82. The van der Waals surface area contributed by atoms with Crippen molar-refractivity contribution in [3.05, 3.63) is 73.1 Å². The second-order valence-electron chi connectivity index (χ2n) is 11.8. The minimum Gasteiger partial charge on any atom is -0.456 e. The molecule has 0 saturated carbocycles. The standard InChI is InChI=1S/C33H24BNO4S/c1-32(2)33(3,4)39-34(38-32)21-11-12-22-26-28-25-24(15-20(29(28)37-22)18-9-7-13-35-16-18)36-23-14-17-8-5-6-10-19(17)30(27(23)25)40-31(21)26/h5-16H,1-4H3. The van der Waals surface area contributed by atoms with Gasteiger partial charge in [0.2, 0.25) is 0 Å². The Kier molecular flexibility index (Phi) is 4.25. The Labute approximate surface area is 233 Å². The number of rotatable bonds is 2. The highest BCUT2D eigenvalue weighted by Gasteiger charge is 2.52. The van der Waals surface area contributed by atoms with Crippen molar-refractivity contribution >= 4 is 88.0 Å². The molecule has 1 fully saturated rings. The molecule has 5 heterocycles. The number of hydrogen-bond acceptors (Lipinski definition) is 6. The van der Waals surface area contributed by atoms with Crippen LogP contribution in [0.4, 0.5) is 0 Å². The summed E-state index contributed by atoms with van der Waals surface area (Å²) in [5, 5.41) is 6.71. The maximum Gasteiger partial charge on any atom is 0.496 e. The molecule has 4 aromatic carbocycles. The van der Waals surface area contributed by atoms with Crippen molar-refractivity contribution in [1.29, 1.82) is 0 Å². The van der Waals surface area contributed by atoms with Gasteiger partial charge in [0.05, 0.1) is 11.2 Å². The fraction of sp³-hybridized carbons (Fsp3) is 0.182. The lowest BCUT2D eigenvalue weighted by molar-refractivity contribution is 0.00578. The van der Waals surface area contributed by atoms with Gasteiger partial charge in [-0.1, -0.05) is 36.4 Å². The first kappa shape index (κ1) is 22.9. The molecule has 1 aliphatic heterocycles. The topological polar surface area (TPSA) is 57.6 Å². The van der Waals surface area contributed by atoms with E-state index in [4.69, 9.17) is 18.1 Å². The summed E-state index contributed by atoms with van der Waals surface area (Å²) in [4.78, 5) is 4.39. The average Bonchev–Trinajstić information content (AvgIpc) is 3.52. The van der Waals surface area contributed by atoms with Crippen molar-refractivity contribution in [3.8, 4) is 11.1 Å². The van der Waals surface area contributed by atoms with Crippen LogP contribution in [0.2, 0.25) is 0 Å². The van der Waals surface area contributed by atoms with E-state index in [0.29, 0.717) is 0 Å². The lowest BCUT2D eigenvalue weighted by atomic mass is 9.78. The van der Waals surface area contributed by atoms with Gasteiger partial charge in [0.1, 0.15) is 22.3 Å². The number of nitrogens with zero attached hydrogens (tertiary/aromatic N) is 1. The Balaban J connectivity index is 1.52. The van der Waals surface area contributed by atoms with Crippen LogP contribution in [0.25, 0.3) is 75.2 Å². The van der Waals surface area contributed by atoms with Crippen molar-refractivity contribution in [2.45, 2.75) is 38.9 Å². The molecule has 8 aromatic rings. The summed E-state index contributed by atoms with van der Waals surface area (Å²) in [5.41, 5.74) is 5.46. The van der Waals surface area contributed by atoms with E-state index in [-0.39, 0.29) is 0 Å². The van der Waals surface area contributed by atoms with Crippen molar-refractivity contribution in [3.63, 3.8) is 0 Å². The Bertz CT molecular complexity index is 2280. The maximum absolute atomic E-state index is 6.70. The zero-order valence-corrected chi connectivity index (χ0v) is 23.3. The van der Waals surface area contributed by atoms with E-state index >= 15 is 0 Å². The van der Waals surface area contributed by atoms with E-state index in [9.17, 15) is 0 Å². The van der Waals surface area contributed by atoms with Gasteiger partial charge in [-0.05, 0) is 62.7 Å². The summed E-state index contributed by atoms with van der Waals surface area (Å²) in [5.74, 6) is 0. The van der Waals surface area contributed by atoms with Crippen molar-refractivity contribution in [2.24, 2.45) is 0 Å². The van der Waals surface area contributed by atoms with E-state index in [1.807, 2.05) is 12.3 Å². The molecular weight excluding hydrogens is 517 g/mol. The van der Waals surface area contributed by atoms with E-state index < -0.39 is 18.3 Å². The van der Waals surface area contributed by atoms with Crippen LogP contribution in [0.5, 0.6) is 0 Å². The van der Waals surface area contributed by atoms with Gasteiger partial charge in [0, 0.05) is 59.9 Å². The minimum absolute atomic E-state index is 0.448. The fourth-order valence-corrected chi connectivity index (χ4v) is 7.65. The van der Waals surface area contributed by atoms with Crippen molar-refractivity contribution < 1.29 is 18.1 Å². The number of benzene rings is 4. The highest BCUT2D eigenvalue weighted by molar-refractivity contribution is 7.27. The molecule has 0 bridgehead atoms. The highest BCUT2D eigenvalue weighted by Crippen LogP contribution is 2.50. The lowest BCUT2D eigenvalue weighted by Crippen LogP contribution is -2.41. The molecule has 0 N–H and O–H groups in total. The average molecular weight is 541 g/mol. The molecule has 0 amide bonds. The fourth-order valence-electron chi connectivity index (χ4n) is 6.26. The van der Waals surface area contributed by atoms with E-state index in [2.05, 4.69) is 87.3 Å². The lowest BCUT2D eigenvalue weighted by Gasteiger charge is -2.32. The van der Waals surface area contributed by atoms with Crippen LogP contribution < -0.4 is 5.46 Å². The predicted molar refractivity (Wildman–Crippen MR) is 164 cm³/mol. The molecule has 0 aliphatic carbocycles. The zero-order chi connectivity index (χ0) is 27.0. The molecule has 0 unspecified atom stereocenters. The maximum atomic E-state index is 6.70. The van der Waals surface area contributed by atoms with E-state index in [1.54, 1.807) is 17.5 Å². The van der Waals surface area contributed by atoms with Gasteiger partial charge in [-0.3, -0.25) is 4.98 Å². The monoisotopic (exact) mass is 541 g/mol. The Morgan fingerprint density at radius 3 is 2.30 bits per heavy atom. The zero-order valence-electron chi connectivity index (χ0n) is 22.5. The van der Waals surface area contributed by atoms with Gasteiger partial charge in [-0.2, -0.15) is 0 Å². The molecule has 0 atom stereocenters. The van der Waals surface area contributed by atoms with Crippen LogP contribution in [0.3, 0.4) is 0 Å². The summed E-state index contributed by atoms with van der Waals surface area (Å²) < 4.78 is 28.8. The molecule has 1 saturated heterocycles. The van der Waals surface area contributed by atoms with Gasteiger partial charge in [0.15, 0.2) is 0 Å². The second kappa shape index (κ2) is 7.43. The van der Waals surface area contributed by atoms with Crippen LogP contribution in [0.15, 0.2) is 81.9 Å². The number of pyridine rings is 1. The van der Waals surface area contributed by atoms with Crippen LogP contribution in [-0.2, 0) is 9.31 Å². The number of fused-ring (bicyclic) bond motifs is 2. The number of aromatic nitrogens is 1. The Morgan fingerprint density at radius 1 is 0.725 bits per heavy atom. The highest BCUT2D eigenvalue weighted by atomic mass is 32.1. The molecule has 9 rings (SSSR count). The first-order chi connectivity index (χ1) is 19.3. The summed E-state index contributed by atoms with van der Waals surface area (Å²) in [6.07, 6.45) is 3.66. The molecule has 0 spiro atoms. The molecule has 5 nitrogen and oxygen atoms in total.